The molecule has 0 aliphatic carbocycles. The van der Waals surface area contributed by atoms with Gasteiger partial charge in [0.15, 0.2) is 5.82 Å². The lowest BCUT2D eigenvalue weighted by Gasteiger charge is -2.11. The lowest BCUT2D eigenvalue weighted by atomic mass is 10.0. The van der Waals surface area contributed by atoms with Gasteiger partial charge in [-0.2, -0.15) is 0 Å². The highest BCUT2D eigenvalue weighted by Crippen LogP contribution is 2.30. The highest BCUT2D eigenvalue weighted by atomic mass is 19.1. The second kappa shape index (κ2) is 4.60. The fourth-order valence-corrected chi connectivity index (χ4v) is 1.83. The Hall–Kier alpha value is -2.17. The number of rotatable bonds is 2. The fraction of sp³-hybridized carbons (Fsp3) is 0.231. The van der Waals surface area contributed by atoms with Gasteiger partial charge in [-0.15, -0.1) is 0 Å². The van der Waals surface area contributed by atoms with E-state index in [1.165, 1.54) is 0 Å². The molecule has 18 heavy (non-hydrogen) atoms. The van der Waals surface area contributed by atoms with E-state index in [0.29, 0.717) is 5.56 Å². The van der Waals surface area contributed by atoms with Gasteiger partial charge in [-0.05, 0) is 37.1 Å². The quantitative estimate of drug-likeness (QED) is 0.885. The van der Waals surface area contributed by atoms with E-state index in [-0.39, 0.29) is 11.6 Å². The molecule has 1 aromatic carbocycles. The van der Waals surface area contributed by atoms with Crippen molar-refractivity contribution in [1.29, 1.82) is 0 Å². The predicted octanol–water partition coefficient (Wildman–Crippen LogP) is 2.49. The van der Waals surface area contributed by atoms with Gasteiger partial charge in [0, 0.05) is 5.56 Å². The standard InChI is InChI=1S/C13H14FN3O/c1-7-5-11(18-3)8(2)4-9(7)12-10(14)6-16-13(15)17-12/h4-6H,1-3H3,(H2,15,16,17). The number of benzene rings is 1. The monoisotopic (exact) mass is 247 g/mol. The average molecular weight is 247 g/mol. The summed E-state index contributed by atoms with van der Waals surface area (Å²) in [5.74, 6) is 0.329. The van der Waals surface area contributed by atoms with E-state index in [4.69, 9.17) is 10.5 Å². The smallest absolute Gasteiger partial charge is 0.220 e. The van der Waals surface area contributed by atoms with Gasteiger partial charge in [-0.3, -0.25) is 0 Å². The molecule has 0 spiro atoms. The normalized spacial score (nSPS) is 10.4. The zero-order valence-electron chi connectivity index (χ0n) is 10.5. The Morgan fingerprint density at radius 1 is 1.22 bits per heavy atom. The van der Waals surface area contributed by atoms with Crippen LogP contribution in [0, 0.1) is 19.7 Å². The molecule has 0 amide bonds. The summed E-state index contributed by atoms with van der Waals surface area (Å²) in [6, 6.07) is 3.68. The van der Waals surface area contributed by atoms with Crippen molar-refractivity contribution in [3.8, 4) is 17.0 Å². The van der Waals surface area contributed by atoms with Gasteiger partial charge in [0.1, 0.15) is 11.4 Å². The topological polar surface area (TPSA) is 61.0 Å². The van der Waals surface area contributed by atoms with E-state index in [9.17, 15) is 4.39 Å². The molecule has 2 aromatic rings. The Morgan fingerprint density at radius 2 is 1.94 bits per heavy atom. The molecule has 2 N–H and O–H groups in total. The van der Waals surface area contributed by atoms with Crippen LogP contribution < -0.4 is 10.5 Å². The van der Waals surface area contributed by atoms with Gasteiger partial charge < -0.3 is 10.5 Å². The van der Waals surface area contributed by atoms with E-state index in [2.05, 4.69) is 9.97 Å². The third-order valence-electron chi connectivity index (χ3n) is 2.76. The molecule has 0 saturated heterocycles. The molecule has 0 aliphatic rings. The Morgan fingerprint density at radius 3 is 2.61 bits per heavy atom. The highest BCUT2D eigenvalue weighted by molar-refractivity contribution is 5.67. The van der Waals surface area contributed by atoms with Gasteiger partial charge in [0.2, 0.25) is 5.95 Å². The van der Waals surface area contributed by atoms with Crippen LogP contribution in [0.4, 0.5) is 10.3 Å². The van der Waals surface area contributed by atoms with Crippen molar-refractivity contribution in [3.05, 3.63) is 35.3 Å². The number of nitrogen functional groups attached to an aromatic ring is 1. The molecule has 0 unspecified atom stereocenters. The summed E-state index contributed by atoms with van der Waals surface area (Å²) >= 11 is 0. The maximum absolute atomic E-state index is 13.7. The van der Waals surface area contributed by atoms with Crippen LogP contribution in [0.25, 0.3) is 11.3 Å². The molecule has 0 atom stereocenters. The van der Waals surface area contributed by atoms with Crippen molar-refractivity contribution in [2.75, 3.05) is 12.8 Å². The summed E-state index contributed by atoms with van der Waals surface area (Å²) in [7, 11) is 1.60. The molecule has 4 nitrogen and oxygen atoms in total. The van der Waals surface area contributed by atoms with Crippen molar-refractivity contribution in [2.24, 2.45) is 0 Å². The molecular weight excluding hydrogens is 233 g/mol. The Balaban J connectivity index is 2.64. The van der Waals surface area contributed by atoms with Gasteiger partial charge >= 0.3 is 0 Å². The molecule has 94 valence electrons. The SMILES string of the molecule is COc1cc(C)c(-c2nc(N)ncc2F)cc1C. The van der Waals surface area contributed by atoms with Crippen LogP contribution in [0.15, 0.2) is 18.3 Å². The highest BCUT2D eigenvalue weighted by Gasteiger charge is 2.13. The summed E-state index contributed by atoms with van der Waals surface area (Å²) in [4.78, 5) is 7.57. The largest absolute Gasteiger partial charge is 0.496 e. The molecule has 0 radical (unpaired) electrons. The lowest BCUT2D eigenvalue weighted by molar-refractivity contribution is 0.411. The number of anilines is 1. The number of methoxy groups -OCH3 is 1. The Labute approximate surface area is 105 Å². The minimum atomic E-state index is -0.489. The van der Waals surface area contributed by atoms with Crippen molar-refractivity contribution < 1.29 is 9.13 Å². The van der Waals surface area contributed by atoms with Crippen molar-refractivity contribution in [1.82, 2.24) is 9.97 Å². The van der Waals surface area contributed by atoms with Gasteiger partial charge in [-0.25, -0.2) is 14.4 Å². The van der Waals surface area contributed by atoms with E-state index >= 15 is 0 Å². The summed E-state index contributed by atoms with van der Waals surface area (Å²) in [6.07, 6.45) is 1.08. The third-order valence-corrected chi connectivity index (χ3v) is 2.76. The van der Waals surface area contributed by atoms with Crippen molar-refractivity contribution in [3.63, 3.8) is 0 Å². The number of nitrogens with two attached hydrogens (primary N) is 1. The lowest BCUT2D eigenvalue weighted by Crippen LogP contribution is -2.00. The number of hydrogen-bond donors (Lipinski definition) is 1. The van der Waals surface area contributed by atoms with Crippen molar-refractivity contribution in [2.45, 2.75) is 13.8 Å². The molecule has 1 aromatic heterocycles. The predicted molar refractivity (Wildman–Crippen MR) is 67.9 cm³/mol. The number of nitrogens with zero attached hydrogens (tertiary/aromatic N) is 2. The number of aromatic nitrogens is 2. The molecule has 1 heterocycles. The van der Waals surface area contributed by atoms with Crippen LogP contribution in [0.1, 0.15) is 11.1 Å². The van der Waals surface area contributed by atoms with Crippen molar-refractivity contribution >= 4 is 5.95 Å². The minimum absolute atomic E-state index is 0.0549. The van der Waals surface area contributed by atoms with Crippen LogP contribution in [0.5, 0.6) is 5.75 Å². The molecule has 0 aliphatic heterocycles. The Bertz CT molecular complexity index is 599. The molecule has 2 rings (SSSR count). The molecule has 5 heteroatoms. The third kappa shape index (κ3) is 2.11. The van der Waals surface area contributed by atoms with Crippen LogP contribution in [-0.2, 0) is 0 Å². The minimum Gasteiger partial charge on any atom is -0.496 e. The average Bonchev–Trinajstić information content (AvgIpc) is 2.35. The van der Waals surface area contributed by atoms with Gasteiger partial charge in [0.25, 0.3) is 0 Å². The number of halogens is 1. The van der Waals surface area contributed by atoms with E-state index < -0.39 is 5.82 Å². The second-order valence-electron chi connectivity index (χ2n) is 4.06. The first-order valence-electron chi connectivity index (χ1n) is 5.46. The van der Waals surface area contributed by atoms with Gasteiger partial charge in [0.05, 0.1) is 13.3 Å². The first kappa shape index (κ1) is 12.3. The maximum Gasteiger partial charge on any atom is 0.220 e. The fourth-order valence-electron chi connectivity index (χ4n) is 1.83. The number of aryl methyl sites for hydroxylation is 2. The van der Waals surface area contributed by atoms with Gasteiger partial charge in [-0.1, -0.05) is 0 Å². The molecule has 0 fully saturated rings. The second-order valence-corrected chi connectivity index (χ2v) is 4.06. The summed E-state index contributed by atoms with van der Waals surface area (Å²) < 4.78 is 19.0. The van der Waals surface area contributed by atoms with Crippen LogP contribution >= 0.6 is 0 Å². The Kier molecular flexibility index (Phi) is 3.14. The molecular formula is C13H14FN3O. The van der Waals surface area contributed by atoms with E-state index in [1.54, 1.807) is 7.11 Å². The molecule has 0 saturated carbocycles. The summed E-state index contributed by atoms with van der Waals surface area (Å²) in [5, 5.41) is 0. The summed E-state index contributed by atoms with van der Waals surface area (Å²) in [6.45, 7) is 3.76. The van der Waals surface area contributed by atoms with Crippen LogP contribution in [-0.4, -0.2) is 17.1 Å². The molecule has 0 bridgehead atoms. The maximum atomic E-state index is 13.7. The summed E-state index contributed by atoms with van der Waals surface area (Å²) in [5.41, 5.74) is 8.19. The van der Waals surface area contributed by atoms with Crippen LogP contribution in [0.3, 0.4) is 0 Å². The van der Waals surface area contributed by atoms with Crippen LogP contribution in [0.2, 0.25) is 0 Å². The number of ether oxygens (including phenoxy) is 1. The van der Waals surface area contributed by atoms with E-state index in [1.807, 2.05) is 26.0 Å². The first-order chi connectivity index (χ1) is 8.52. The first-order valence-corrected chi connectivity index (χ1v) is 5.46. The van der Waals surface area contributed by atoms with E-state index in [0.717, 1.165) is 23.1 Å². The zero-order valence-corrected chi connectivity index (χ0v) is 10.5. The zero-order chi connectivity index (χ0) is 13.3. The number of hydrogen-bond acceptors (Lipinski definition) is 4.